The lowest BCUT2D eigenvalue weighted by molar-refractivity contribution is -0.147. The topological polar surface area (TPSA) is 170 Å². The van der Waals surface area contributed by atoms with Crippen LogP contribution in [0.2, 0.25) is 0 Å². The molecule has 12 nitrogen and oxygen atoms in total. The molecule has 1 aliphatic heterocycles. The molecule has 1 aromatic heterocycles. The number of nitrogens with one attached hydrogen (secondary N) is 2. The molecular formula is C36H40FN5O7S. The Morgan fingerprint density at radius 2 is 1.80 bits per heavy atom. The third-order valence-corrected chi connectivity index (χ3v) is 10.9. The quantitative estimate of drug-likeness (QED) is 0.172. The second-order valence-electron chi connectivity index (χ2n) is 12.2. The van der Waals surface area contributed by atoms with Gasteiger partial charge >= 0.3 is 5.97 Å². The van der Waals surface area contributed by atoms with Crippen LogP contribution in [-0.2, 0) is 29.0 Å². The number of aromatic nitrogens is 1. The summed E-state index contributed by atoms with van der Waals surface area (Å²) in [5.41, 5.74) is 6.88. The standard InChI is InChI=1S/C36H40FN5O7S/c1-6-49-25-9-11-30(37)28(19-25)32(41-23-7-10-26-22(17-23)13-15-39-34(26)38)35(44)42-16-14-27(36(45)48-5)33(42)29-18-24(40-21(4)43)8-12-31(29)50(46,47)20(2)3/h7-13,15,17-20,27,32-33,41H,6,14,16H2,1-5H3,(H2,38,39)(H,40,43)/t27-,32-,33+/m0/s1. The molecule has 0 unspecified atom stereocenters. The average molecular weight is 706 g/mol. The fraction of sp³-hybridized carbons (Fsp3) is 0.333. The SMILES string of the molecule is CCOc1ccc(F)c([C@H](Nc2ccc3c(N)nccc3c2)C(=O)N2CC[C@H](C(=O)OC)[C@@H]2c2cc(NC(C)=O)ccc2S(=O)(=O)C(C)C)c1. The molecule has 1 fully saturated rings. The number of nitrogens with two attached hydrogens (primary N) is 1. The molecule has 3 aromatic carbocycles. The Hall–Kier alpha value is -5.24. The number of hydrogen-bond donors (Lipinski definition) is 3. The summed E-state index contributed by atoms with van der Waals surface area (Å²) in [6.45, 7) is 6.44. The molecule has 0 bridgehead atoms. The summed E-state index contributed by atoms with van der Waals surface area (Å²) in [4.78, 5) is 45.6. The maximum absolute atomic E-state index is 15.8. The van der Waals surface area contributed by atoms with Gasteiger partial charge in [0.05, 0.1) is 35.8 Å². The van der Waals surface area contributed by atoms with E-state index < -0.39 is 56.7 Å². The van der Waals surface area contributed by atoms with E-state index in [-0.39, 0.29) is 34.7 Å². The number of rotatable bonds is 11. The Morgan fingerprint density at radius 3 is 2.48 bits per heavy atom. The summed E-state index contributed by atoms with van der Waals surface area (Å²) in [5.74, 6) is -2.71. The highest BCUT2D eigenvalue weighted by atomic mass is 32.2. The van der Waals surface area contributed by atoms with E-state index in [4.69, 9.17) is 15.2 Å². The molecule has 4 aromatic rings. The fourth-order valence-electron chi connectivity index (χ4n) is 6.29. The number of fused-ring (bicyclic) bond motifs is 1. The maximum Gasteiger partial charge on any atom is 0.311 e. The lowest BCUT2D eigenvalue weighted by atomic mass is 9.92. The van der Waals surface area contributed by atoms with Gasteiger partial charge in [0.15, 0.2) is 9.84 Å². The van der Waals surface area contributed by atoms with E-state index in [0.29, 0.717) is 29.2 Å². The van der Waals surface area contributed by atoms with E-state index in [1.807, 2.05) is 0 Å². The molecule has 0 aliphatic carbocycles. The Kier molecular flexibility index (Phi) is 10.6. The van der Waals surface area contributed by atoms with Gasteiger partial charge in [-0.25, -0.2) is 17.8 Å². The van der Waals surface area contributed by atoms with E-state index in [9.17, 15) is 22.8 Å². The number of esters is 1. The van der Waals surface area contributed by atoms with Crippen LogP contribution in [0, 0.1) is 11.7 Å². The van der Waals surface area contributed by atoms with Crippen molar-refractivity contribution in [1.29, 1.82) is 0 Å². The third kappa shape index (κ3) is 7.20. The first-order valence-corrected chi connectivity index (χ1v) is 17.7. The fourth-order valence-corrected chi connectivity index (χ4v) is 7.57. The summed E-state index contributed by atoms with van der Waals surface area (Å²) in [6, 6.07) is 12.8. The van der Waals surface area contributed by atoms with Crippen LogP contribution in [0.3, 0.4) is 0 Å². The van der Waals surface area contributed by atoms with Crippen molar-refractivity contribution >= 4 is 55.6 Å². The van der Waals surface area contributed by atoms with E-state index >= 15 is 4.39 Å². The number of anilines is 3. The van der Waals surface area contributed by atoms with Crippen molar-refractivity contribution in [2.45, 2.75) is 56.3 Å². The smallest absolute Gasteiger partial charge is 0.311 e. The van der Waals surface area contributed by atoms with Crippen LogP contribution in [0.15, 0.2) is 71.8 Å². The molecule has 3 atom stereocenters. The number of amides is 2. The molecule has 0 radical (unpaired) electrons. The van der Waals surface area contributed by atoms with Crippen molar-refractivity contribution in [1.82, 2.24) is 9.88 Å². The number of ether oxygens (including phenoxy) is 2. The van der Waals surface area contributed by atoms with Gasteiger partial charge in [-0.1, -0.05) is 0 Å². The minimum atomic E-state index is -3.97. The van der Waals surface area contributed by atoms with Gasteiger partial charge in [-0.05, 0) is 98.8 Å². The summed E-state index contributed by atoms with van der Waals surface area (Å²) in [7, 11) is -2.76. The highest BCUT2D eigenvalue weighted by Crippen LogP contribution is 2.44. The van der Waals surface area contributed by atoms with Crippen molar-refractivity contribution in [2.24, 2.45) is 5.92 Å². The Morgan fingerprint density at radius 1 is 1.06 bits per heavy atom. The van der Waals surface area contributed by atoms with E-state index in [0.717, 1.165) is 5.39 Å². The molecule has 1 aliphatic rings. The highest BCUT2D eigenvalue weighted by Gasteiger charge is 2.47. The van der Waals surface area contributed by atoms with Crippen molar-refractivity contribution in [2.75, 3.05) is 36.6 Å². The van der Waals surface area contributed by atoms with Gasteiger partial charge in [0, 0.05) is 42.0 Å². The molecule has 1 saturated heterocycles. The predicted octanol–water partition coefficient (Wildman–Crippen LogP) is 5.41. The second kappa shape index (κ2) is 14.7. The number of carbonyl (C=O) groups is 3. The number of pyridine rings is 1. The minimum Gasteiger partial charge on any atom is -0.494 e. The summed E-state index contributed by atoms with van der Waals surface area (Å²) < 4.78 is 54.1. The number of nitrogen functional groups attached to an aromatic ring is 1. The van der Waals surface area contributed by atoms with Gasteiger partial charge in [-0.3, -0.25) is 14.4 Å². The molecule has 2 amide bonds. The van der Waals surface area contributed by atoms with Crippen molar-refractivity contribution in [3.05, 3.63) is 83.8 Å². The van der Waals surface area contributed by atoms with Crippen LogP contribution in [0.25, 0.3) is 10.8 Å². The predicted molar refractivity (Wildman–Crippen MR) is 188 cm³/mol. The zero-order valence-electron chi connectivity index (χ0n) is 28.4. The largest absolute Gasteiger partial charge is 0.494 e. The van der Waals surface area contributed by atoms with Gasteiger partial charge in [-0.2, -0.15) is 0 Å². The van der Waals surface area contributed by atoms with Gasteiger partial charge in [0.25, 0.3) is 0 Å². The van der Waals surface area contributed by atoms with Crippen LogP contribution < -0.4 is 21.1 Å². The molecule has 50 heavy (non-hydrogen) atoms. The number of halogens is 1. The van der Waals surface area contributed by atoms with Gasteiger partial charge in [0.1, 0.15) is 23.4 Å². The van der Waals surface area contributed by atoms with Crippen LogP contribution in [0.5, 0.6) is 5.75 Å². The molecule has 0 saturated carbocycles. The Bertz CT molecular complexity index is 2060. The van der Waals surface area contributed by atoms with Gasteiger partial charge in [0.2, 0.25) is 11.8 Å². The summed E-state index contributed by atoms with van der Waals surface area (Å²) >= 11 is 0. The van der Waals surface area contributed by atoms with Crippen LogP contribution in [0.4, 0.5) is 21.6 Å². The lowest BCUT2D eigenvalue weighted by Gasteiger charge is -2.33. The van der Waals surface area contributed by atoms with Crippen LogP contribution in [0.1, 0.15) is 57.3 Å². The van der Waals surface area contributed by atoms with E-state index in [2.05, 4.69) is 15.6 Å². The monoisotopic (exact) mass is 705 g/mol. The first-order chi connectivity index (χ1) is 23.8. The van der Waals surface area contributed by atoms with Crippen molar-refractivity contribution in [3.63, 3.8) is 0 Å². The van der Waals surface area contributed by atoms with Gasteiger partial charge < -0.3 is 30.7 Å². The summed E-state index contributed by atoms with van der Waals surface area (Å²) in [6.07, 6.45) is 1.68. The van der Waals surface area contributed by atoms with Crippen LogP contribution in [-0.4, -0.2) is 61.6 Å². The van der Waals surface area contributed by atoms with Crippen molar-refractivity contribution < 1.29 is 36.7 Å². The zero-order valence-corrected chi connectivity index (χ0v) is 29.2. The van der Waals surface area contributed by atoms with Crippen LogP contribution >= 0.6 is 0 Å². The summed E-state index contributed by atoms with van der Waals surface area (Å²) in [5, 5.41) is 6.40. The second-order valence-corrected chi connectivity index (χ2v) is 14.7. The third-order valence-electron chi connectivity index (χ3n) is 8.70. The number of nitrogens with zero attached hydrogens (tertiary/aromatic N) is 2. The van der Waals surface area contributed by atoms with Crippen molar-refractivity contribution in [3.8, 4) is 5.75 Å². The molecule has 264 valence electrons. The van der Waals surface area contributed by atoms with E-state index in [1.165, 1.54) is 69.2 Å². The highest BCUT2D eigenvalue weighted by molar-refractivity contribution is 7.92. The number of carbonyl (C=O) groups excluding carboxylic acids is 3. The molecular weight excluding hydrogens is 665 g/mol. The molecule has 5 rings (SSSR count). The number of benzene rings is 3. The molecule has 14 heteroatoms. The lowest BCUT2D eigenvalue weighted by Crippen LogP contribution is -2.40. The molecule has 0 spiro atoms. The Balaban J connectivity index is 1.69. The van der Waals surface area contributed by atoms with E-state index in [1.54, 1.807) is 37.4 Å². The maximum atomic E-state index is 15.8. The minimum absolute atomic E-state index is 0.0136. The first kappa shape index (κ1) is 36.1. The Labute approximate surface area is 290 Å². The number of methoxy groups -OCH3 is 1. The number of likely N-dealkylation sites (tertiary alicyclic amines) is 1. The normalized spacial score (nSPS) is 16.7. The molecule has 2 heterocycles. The first-order valence-electron chi connectivity index (χ1n) is 16.1. The molecule has 4 N–H and O–H groups in total. The number of hydrogen-bond acceptors (Lipinski definition) is 10. The van der Waals surface area contributed by atoms with Gasteiger partial charge in [-0.15, -0.1) is 0 Å². The average Bonchev–Trinajstić information content (AvgIpc) is 3.52. The number of sulfone groups is 1. The zero-order chi connectivity index (χ0) is 36.3.